The number of hydrogen-bond donors (Lipinski definition) is 0. The molecule has 0 amide bonds. The summed E-state index contributed by atoms with van der Waals surface area (Å²) in [7, 11) is -7.07. The second-order valence-electron chi connectivity index (χ2n) is 21.0. The van der Waals surface area contributed by atoms with Crippen LogP contribution in [0.25, 0.3) is 0 Å². The van der Waals surface area contributed by atoms with E-state index in [0.29, 0.717) is 0 Å². The van der Waals surface area contributed by atoms with Crippen molar-refractivity contribution >= 4 is 29.0 Å². The van der Waals surface area contributed by atoms with Crippen LogP contribution in [-0.2, 0) is 0 Å². The summed E-state index contributed by atoms with van der Waals surface area (Å²) in [6.45, 7) is 30.1. The molecule has 0 saturated heterocycles. The number of pyridine rings is 1. The van der Waals surface area contributed by atoms with Crippen molar-refractivity contribution in [2.45, 2.75) is 248 Å². The van der Waals surface area contributed by atoms with Gasteiger partial charge in [-0.25, -0.2) is 0 Å². The van der Waals surface area contributed by atoms with Gasteiger partial charge in [-0.3, -0.25) is 0 Å². The van der Waals surface area contributed by atoms with E-state index in [2.05, 4.69) is 101 Å². The average molecular weight is 916 g/mol. The second-order valence-corrected chi connectivity index (χ2v) is 41.4. The van der Waals surface area contributed by atoms with Gasteiger partial charge in [0.15, 0.2) is 0 Å². The molecule has 0 fully saturated rings. The summed E-state index contributed by atoms with van der Waals surface area (Å²) in [5.41, 5.74) is 3.44. The van der Waals surface area contributed by atoms with Crippen molar-refractivity contribution in [1.29, 1.82) is 0 Å². The summed E-state index contributed by atoms with van der Waals surface area (Å²) in [6.07, 6.45) is 52.8. The van der Waals surface area contributed by atoms with E-state index in [1.54, 1.807) is 85.3 Å². The van der Waals surface area contributed by atoms with Gasteiger partial charge < -0.3 is 0 Å². The van der Waals surface area contributed by atoms with Crippen molar-refractivity contribution in [2.75, 3.05) is 73.9 Å². The molecule has 1 aromatic heterocycles. The Morgan fingerprint density at radius 2 is 0.433 bits per heavy atom. The molecule has 362 valence electrons. The summed E-state index contributed by atoms with van der Waals surface area (Å²) in [5.74, 6) is 0. The Morgan fingerprint density at radius 1 is 0.283 bits per heavy atom. The van der Waals surface area contributed by atoms with E-state index in [1.165, 1.54) is 154 Å². The van der Waals surface area contributed by atoms with Crippen LogP contribution in [0.2, 0.25) is 0 Å². The first-order valence-corrected chi connectivity index (χ1v) is 38.9. The molecule has 1 aromatic rings. The van der Waals surface area contributed by atoms with Crippen LogP contribution in [0.4, 0.5) is 0 Å². The van der Waals surface area contributed by atoms with E-state index in [1.807, 2.05) is 0 Å². The third-order valence-corrected chi connectivity index (χ3v) is 45.8. The zero-order valence-corrected chi connectivity index (χ0v) is 47.8. The minimum atomic E-state index is -1.77. The third kappa shape index (κ3) is 18.6. The van der Waals surface area contributed by atoms with Crippen molar-refractivity contribution in [1.82, 2.24) is 4.98 Å². The molecule has 5 heteroatoms. The van der Waals surface area contributed by atoms with E-state index in [9.17, 15) is 0 Å². The van der Waals surface area contributed by atoms with Crippen molar-refractivity contribution in [3.63, 3.8) is 0 Å². The first-order valence-electron chi connectivity index (χ1n) is 28.2. The van der Waals surface area contributed by atoms with Crippen LogP contribution in [0.5, 0.6) is 0 Å². The molecule has 1 nitrogen and oxygen atoms in total. The number of unbranched alkanes of at least 4 members (excludes halogenated alkanes) is 12. The fourth-order valence-corrected chi connectivity index (χ4v) is 50.8. The Labute approximate surface area is 383 Å². The van der Waals surface area contributed by atoms with Gasteiger partial charge in [-0.2, -0.15) is 0 Å². The molecule has 0 aromatic carbocycles. The molecule has 0 radical (unpaired) electrons. The summed E-state index contributed by atoms with van der Waals surface area (Å²) in [5, 5.41) is 1.69. The molecule has 1 rings (SSSR count). The quantitative estimate of drug-likeness (QED) is 0.0596. The molecule has 0 aliphatic carbocycles. The molecule has 1 heterocycles. The molecule has 0 aliphatic heterocycles. The van der Waals surface area contributed by atoms with Crippen LogP contribution in [-0.4, -0.2) is 78.9 Å². The van der Waals surface area contributed by atoms with Gasteiger partial charge in [-0.1, -0.05) is 0 Å². The number of aromatic nitrogens is 1. The molecule has 60 heavy (non-hydrogen) atoms. The summed E-state index contributed by atoms with van der Waals surface area (Å²) < 4.78 is 0. The van der Waals surface area contributed by atoms with E-state index in [0.717, 1.165) is 10.8 Å². The van der Waals surface area contributed by atoms with E-state index in [4.69, 9.17) is 4.98 Å². The van der Waals surface area contributed by atoms with Gasteiger partial charge in [0.05, 0.1) is 0 Å². The van der Waals surface area contributed by atoms with Crippen LogP contribution in [0.3, 0.4) is 0 Å². The van der Waals surface area contributed by atoms with Crippen molar-refractivity contribution in [3.05, 3.63) is 29.6 Å². The van der Waals surface area contributed by atoms with E-state index in [-0.39, 0.29) is 0 Å². The van der Waals surface area contributed by atoms with Crippen molar-refractivity contribution < 1.29 is 0 Å². The van der Waals surface area contributed by atoms with Gasteiger partial charge in [-0.05, 0) is 0 Å². The number of rotatable bonds is 42. The zero-order chi connectivity index (χ0) is 44.6. The molecule has 0 aliphatic rings. The maximum absolute atomic E-state index is 6.67. The first kappa shape index (κ1) is 58.9. The number of hydrogen-bond acceptors (Lipinski definition) is 1. The summed E-state index contributed by atoms with van der Waals surface area (Å²) in [6, 6.07) is 8.17. The Balaban J connectivity index is 4.82. The third-order valence-electron chi connectivity index (χ3n) is 16.2. The fourth-order valence-electron chi connectivity index (χ4n) is 12.9. The van der Waals surface area contributed by atoms with Crippen molar-refractivity contribution in [3.8, 4) is 0 Å². The summed E-state index contributed by atoms with van der Waals surface area (Å²) >= 11 is 0. The van der Waals surface area contributed by atoms with Crippen LogP contribution in [0.1, 0.15) is 259 Å². The van der Waals surface area contributed by atoms with Gasteiger partial charge in [-0.15, -0.1) is 0 Å². The van der Waals surface area contributed by atoms with Crippen molar-refractivity contribution in [2.24, 2.45) is 0 Å². The number of nitrogens with zero attached hydrogens (tertiary/aromatic N) is 1. The monoisotopic (exact) mass is 916 g/mol. The van der Waals surface area contributed by atoms with Gasteiger partial charge in [0.25, 0.3) is 0 Å². The first-order chi connectivity index (χ1) is 29.2. The van der Waals surface area contributed by atoms with Crippen LogP contribution in [0, 0.1) is 0 Å². The van der Waals surface area contributed by atoms with Crippen LogP contribution in [0.15, 0.2) is 18.2 Å². The van der Waals surface area contributed by atoms with Gasteiger partial charge in [0.1, 0.15) is 0 Å². The predicted molar refractivity (Wildman–Crippen MR) is 300 cm³/mol. The SMILES string of the molecule is CCCC[PH](CCCC)(CCCC)C(c1cccc(C([PH](CCCC)(CCCC)CCCC)[PH](CCCC)(CCCC)CCCC)n1)[PH](CCCC)(CCCC)CCCC. The summed E-state index contributed by atoms with van der Waals surface area (Å²) in [4.78, 5) is 6.67. The molecule has 0 bridgehead atoms. The molecule has 0 atom stereocenters. The minimum absolute atomic E-state index is 0.843. The van der Waals surface area contributed by atoms with Crippen LogP contribution < -0.4 is 0 Å². The van der Waals surface area contributed by atoms with Crippen LogP contribution >= 0.6 is 29.0 Å². The molecular formula is C55H117NP4. The van der Waals surface area contributed by atoms with E-state index >= 15 is 0 Å². The molecule has 0 unspecified atom stereocenters. The van der Waals surface area contributed by atoms with Gasteiger partial charge in [0.2, 0.25) is 0 Å². The average Bonchev–Trinajstić information content (AvgIpc) is 3.27. The Kier molecular flexibility index (Phi) is 34.5. The predicted octanol–water partition coefficient (Wildman–Crippen LogP) is 19.7. The topological polar surface area (TPSA) is 12.9 Å². The van der Waals surface area contributed by atoms with E-state index < -0.39 is 29.0 Å². The molecule has 0 spiro atoms. The Hall–Kier alpha value is 0.870. The molecule has 0 N–H and O–H groups in total. The van der Waals surface area contributed by atoms with Gasteiger partial charge in [0, 0.05) is 0 Å². The maximum atomic E-state index is 6.67. The second kappa shape index (κ2) is 35.1. The Bertz CT molecular complexity index is 903. The standard InChI is InChI=1S/C55H117NP4/c1-13-25-40-57(41-26-14-2,42-27-15-3)54(58(43-28-16-4,44-29-17-5)45-30-18-6)52-38-37-39-53(56-52)55(59(46-31-19-7,47-32-20-8)48-33-21-9)60(49-34-22-10,50-35-23-11)51-36-24-12/h37-39,54-55,57-60H,13-36,40-51H2,1-12H3. The molecule has 0 saturated carbocycles. The zero-order valence-electron chi connectivity index (χ0n) is 43.8. The fraction of sp³-hybridized carbons (Fsp3) is 0.909. The molecular weight excluding hydrogens is 799 g/mol. The normalized spacial score (nSPS) is 15.0. The Morgan fingerprint density at radius 3 is 0.567 bits per heavy atom. The van der Waals surface area contributed by atoms with Gasteiger partial charge >= 0.3 is 386 Å².